The van der Waals surface area contributed by atoms with Gasteiger partial charge in [0.2, 0.25) is 0 Å². The van der Waals surface area contributed by atoms with Crippen molar-refractivity contribution >= 4 is 71.6 Å². The first-order valence-corrected chi connectivity index (χ1v) is 59.5. The number of hydrogen-bond donors (Lipinski definition) is 0. The molecular weight excluding hydrogens is 1850 g/mol. The maximum absolute atomic E-state index is 14.1. The van der Waals surface area contributed by atoms with Gasteiger partial charge in [0.1, 0.15) is 72.7 Å². The molecule has 1 aliphatic rings. The molecular formula is C117H214N4O24. The summed E-state index contributed by atoms with van der Waals surface area (Å²) in [5.41, 5.74) is 0. The summed E-state index contributed by atoms with van der Waals surface area (Å²) in [6.45, 7) is 22.3. The fraction of sp³-hybridized carbons (Fsp3) is 0.897. The molecule has 1 rings (SSSR count). The standard InChI is InChI=1S/C117H214N4O24/c1-9-17-25-33-41-49-57-67-106(122)134-91-102(92-135-107(123)68-58-50-42-34-26-18-10-2)97-140-114(130)75-83-118(84-76-115(131)141-98-103(93-136-108(124)69-59-51-43-35-27-19-11-3)94-137-109(125)70-60-52-44-36-28-20-12-4)79-65-81-120-87-89-121(90-88-120)82-66-80-119(86-78-117(133)145-105(100-143-112(128)73-63-55-47-39-31-23-15-7)101-144-113(129)74-64-56-48-40-32-24-16-8)85-77-116(132)142-99-104(95-138-110(126)71-61-53-45-37-29-21-13-5)96-139-111(127)72-62-54-46-38-30-22-14-6/h102-105H,9-101H2,1-8H3. The summed E-state index contributed by atoms with van der Waals surface area (Å²) in [4.78, 5) is 169. The third-order valence-electron chi connectivity index (χ3n) is 27.2. The number of ether oxygens (including phenoxy) is 12. The van der Waals surface area contributed by atoms with Crippen LogP contribution in [0, 0.1) is 17.8 Å². The molecule has 1 aliphatic heterocycles. The minimum absolute atomic E-state index is 0.0332. The van der Waals surface area contributed by atoms with E-state index in [1.165, 1.54) is 89.9 Å². The lowest BCUT2D eigenvalue weighted by Crippen LogP contribution is -2.47. The Morgan fingerprint density at radius 2 is 0.317 bits per heavy atom. The van der Waals surface area contributed by atoms with Crippen molar-refractivity contribution in [2.75, 3.05) is 151 Å². The van der Waals surface area contributed by atoms with Crippen LogP contribution in [-0.2, 0) is 114 Å². The Hall–Kier alpha value is -6.52. The lowest BCUT2D eigenvalue weighted by atomic mass is 10.1. The van der Waals surface area contributed by atoms with E-state index in [1.54, 1.807) is 0 Å². The topological polar surface area (TPSA) is 329 Å². The summed E-state index contributed by atoms with van der Waals surface area (Å²) < 4.78 is 69.5. The highest BCUT2D eigenvalue weighted by Gasteiger charge is 2.27. The van der Waals surface area contributed by atoms with Gasteiger partial charge < -0.3 is 76.4 Å². The minimum Gasteiger partial charge on any atom is -0.465 e. The lowest BCUT2D eigenvalue weighted by Gasteiger charge is -2.35. The molecule has 1 heterocycles. The SMILES string of the molecule is CCCCCCCCCC(=O)OCC(COC(=O)CCCCCCCCC)COC(=O)CCN(CCCN1CCN(CCCN(CCC(=O)OCC(COC(=O)CCCCCCCCC)COC(=O)CCCCCCCCC)CCC(=O)OC(COC(=O)CCCCCCCCC)COC(=O)CCCCCCCCC)CC1)CCC(=O)OCC(COC(=O)CCCCCCCCC)COC(=O)CCCCCCCCC. The highest BCUT2D eigenvalue weighted by molar-refractivity contribution is 5.74. The molecule has 0 aliphatic carbocycles. The van der Waals surface area contributed by atoms with E-state index in [-0.39, 0.29) is 212 Å². The molecule has 1 fully saturated rings. The van der Waals surface area contributed by atoms with Crippen LogP contribution >= 0.6 is 0 Å². The summed E-state index contributed by atoms with van der Waals surface area (Å²) in [6, 6.07) is 0. The third kappa shape index (κ3) is 91.0. The van der Waals surface area contributed by atoms with Crippen LogP contribution in [0.4, 0.5) is 0 Å². The molecule has 0 spiro atoms. The van der Waals surface area contributed by atoms with Crippen LogP contribution < -0.4 is 0 Å². The third-order valence-corrected chi connectivity index (χ3v) is 27.2. The molecule has 0 N–H and O–H groups in total. The molecule has 145 heavy (non-hydrogen) atoms. The van der Waals surface area contributed by atoms with Crippen LogP contribution in [0.2, 0.25) is 0 Å². The van der Waals surface area contributed by atoms with Crippen molar-refractivity contribution in [2.45, 2.75) is 511 Å². The zero-order valence-electron chi connectivity index (χ0n) is 93.7. The summed E-state index contributed by atoms with van der Waals surface area (Å²) in [5.74, 6) is -6.86. The predicted molar refractivity (Wildman–Crippen MR) is 575 cm³/mol. The Balaban J connectivity index is 3.59. The Labute approximate surface area is 880 Å². The summed E-state index contributed by atoms with van der Waals surface area (Å²) in [6.07, 6.45) is 60.5. The molecule has 28 heteroatoms. The van der Waals surface area contributed by atoms with Gasteiger partial charge in [-0.15, -0.1) is 0 Å². The van der Waals surface area contributed by atoms with E-state index in [2.05, 4.69) is 65.2 Å². The van der Waals surface area contributed by atoms with Crippen LogP contribution in [0.25, 0.3) is 0 Å². The lowest BCUT2D eigenvalue weighted by molar-refractivity contribution is -0.167. The normalized spacial score (nSPS) is 12.4. The van der Waals surface area contributed by atoms with Crippen molar-refractivity contribution in [1.82, 2.24) is 19.6 Å². The number of carbonyl (C=O) groups is 12. The molecule has 0 amide bonds. The average Bonchev–Trinajstić information content (AvgIpc) is 0.902. The molecule has 0 atom stereocenters. The van der Waals surface area contributed by atoms with Gasteiger partial charge >= 0.3 is 71.6 Å². The van der Waals surface area contributed by atoms with E-state index >= 15 is 0 Å². The predicted octanol–water partition coefficient (Wildman–Crippen LogP) is 25.4. The number of esters is 12. The average molecular weight is 2060 g/mol. The number of hydrogen-bond acceptors (Lipinski definition) is 28. The molecule has 0 saturated carbocycles. The van der Waals surface area contributed by atoms with Crippen LogP contribution in [0.3, 0.4) is 0 Å². The Kier molecular flexibility index (Phi) is 96.0. The van der Waals surface area contributed by atoms with E-state index < -0.39 is 59.7 Å². The molecule has 0 bridgehead atoms. The Bertz CT molecular complexity index is 2910. The van der Waals surface area contributed by atoms with E-state index in [4.69, 9.17) is 56.8 Å². The van der Waals surface area contributed by atoms with E-state index in [1.807, 2.05) is 9.80 Å². The van der Waals surface area contributed by atoms with Crippen molar-refractivity contribution in [3.05, 3.63) is 0 Å². The van der Waals surface area contributed by atoms with Gasteiger partial charge in [-0.25, -0.2) is 0 Å². The van der Waals surface area contributed by atoms with Gasteiger partial charge in [-0.05, 0) is 90.4 Å². The second kappa shape index (κ2) is 102. The smallest absolute Gasteiger partial charge is 0.307 e. The molecule has 28 nitrogen and oxygen atoms in total. The second-order valence-corrected chi connectivity index (χ2v) is 41.3. The number of nitrogens with zero attached hydrogens (tertiary/aromatic N) is 4. The molecule has 0 unspecified atom stereocenters. The molecule has 0 aromatic rings. The molecule has 0 aromatic carbocycles. The number of carbonyl (C=O) groups excluding carboxylic acids is 12. The Morgan fingerprint density at radius 3 is 0.490 bits per heavy atom. The number of rotatable bonds is 107. The fourth-order valence-corrected chi connectivity index (χ4v) is 17.6. The van der Waals surface area contributed by atoms with Gasteiger partial charge in [0.25, 0.3) is 0 Å². The van der Waals surface area contributed by atoms with Crippen molar-refractivity contribution in [3.63, 3.8) is 0 Å². The highest BCUT2D eigenvalue weighted by atomic mass is 16.6. The minimum atomic E-state index is -1.04. The quantitative estimate of drug-likeness (QED) is 0.0310. The first kappa shape index (κ1) is 136. The second-order valence-electron chi connectivity index (χ2n) is 41.3. The van der Waals surface area contributed by atoms with E-state index in [0.29, 0.717) is 90.4 Å². The van der Waals surface area contributed by atoms with Gasteiger partial charge in [0.15, 0.2) is 6.10 Å². The number of piperazine rings is 1. The van der Waals surface area contributed by atoms with Gasteiger partial charge in [0, 0.05) is 104 Å². The Morgan fingerprint density at radius 1 is 0.172 bits per heavy atom. The molecule has 0 aromatic heterocycles. The molecule has 0 radical (unpaired) electrons. The summed E-state index contributed by atoms with van der Waals surface area (Å²) in [5, 5.41) is 0. The van der Waals surface area contributed by atoms with Crippen molar-refractivity contribution in [2.24, 2.45) is 17.8 Å². The zero-order valence-corrected chi connectivity index (χ0v) is 93.7. The maximum Gasteiger partial charge on any atom is 0.307 e. The molecule has 1 saturated heterocycles. The van der Waals surface area contributed by atoms with Crippen molar-refractivity contribution in [1.29, 1.82) is 0 Å². The van der Waals surface area contributed by atoms with Gasteiger partial charge in [-0.3, -0.25) is 57.5 Å². The van der Waals surface area contributed by atoms with E-state index in [9.17, 15) is 57.5 Å². The van der Waals surface area contributed by atoms with Crippen LogP contribution in [0.5, 0.6) is 0 Å². The number of unbranched alkanes of at least 4 members (excludes halogenated alkanes) is 48. The van der Waals surface area contributed by atoms with Gasteiger partial charge in [-0.1, -0.05) is 364 Å². The highest BCUT2D eigenvalue weighted by Crippen LogP contribution is 2.22. The van der Waals surface area contributed by atoms with Crippen molar-refractivity contribution in [3.8, 4) is 0 Å². The summed E-state index contributed by atoms with van der Waals surface area (Å²) in [7, 11) is 0. The monoisotopic (exact) mass is 2060 g/mol. The van der Waals surface area contributed by atoms with Crippen molar-refractivity contribution < 1.29 is 114 Å². The summed E-state index contributed by atoms with van der Waals surface area (Å²) >= 11 is 0. The first-order chi connectivity index (χ1) is 70.7. The fourth-order valence-electron chi connectivity index (χ4n) is 17.6. The van der Waals surface area contributed by atoms with Crippen LogP contribution in [0.15, 0.2) is 0 Å². The molecule has 846 valence electrons. The van der Waals surface area contributed by atoms with E-state index in [0.717, 1.165) is 244 Å². The van der Waals surface area contributed by atoms with Crippen LogP contribution in [0.1, 0.15) is 505 Å². The maximum atomic E-state index is 14.1. The van der Waals surface area contributed by atoms with Gasteiger partial charge in [0.05, 0.1) is 43.4 Å². The first-order valence-electron chi connectivity index (χ1n) is 59.5. The largest absolute Gasteiger partial charge is 0.465 e. The van der Waals surface area contributed by atoms with Gasteiger partial charge in [-0.2, -0.15) is 0 Å². The zero-order chi connectivity index (χ0) is 106. The van der Waals surface area contributed by atoms with Crippen LogP contribution in [-0.4, -0.2) is 249 Å².